The van der Waals surface area contributed by atoms with Gasteiger partial charge in [-0.3, -0.25) is 13.9 Å². The first-order chi connectivity index (χ1) is 14.1. The number of nitrogens with one attached hydrogen (secondary N) is 1. The molecule has 1 aromatic heterocycles. The molecule has 0 saturated carbocycles. The number of aryl methyl sites for hydroxylation is 1. The molecule has 11 heteroatoms. The summed E-state index contributed by atoms with van der Waals surface area (Å²) in [7, 11) is 0.731. The van der Waals surface area contributed by atoms with E-state index in [-0.39, 0.29) is 16.3 Å². The first kappa shape index (κ1) is 21.7. The van der Waals surface area contributed by atoms with Crippen LogP contribution < -0.4 is 24.0 Å². The van der Waals surface area contributed by atoms with Crippen LogP contribution in [0.3, 0.4) is 0 Å². The summed E-state index contributed by atoms with van der Waals surface area (Å²) in [5.74, 6) is 0.154. The van der Waals surface area contributed by atoms with Gasteiger partial charge in [0, 0.05) is 18.8 Å². The number of methoxy groups -OCH3 is 2. The Balaban J connectivity index is 1.89. The van der Waals surface area contributed by atoms with E-state index in [0.717, 1.165) is 32.1 Å². The van der Waals surface area contributed by atoms with Crippen molar-refractivity contribution in [1.82, 2.24) is 4.57 Å². The number of sulfonamides is 1. The molecule has 0 aliphatic heterocycles. The zero-order chi connectivity index (χ0) is 22.1. The minimum absolute atomic E-state index is 0.109. The molecule has 1 amide bonds. The topological polar surface area (TPSA) is 107 Å². The van der Waals surface area contributed by atoms with E-state index in [4.69, 9.17) is 9.47 Å². The van der Waals surface area contributed by atoms with Crippen LogP contribution in [-0.4, -0.2) is 45.9 Å². The van der Waals surface area contributed by atoms with Gasteiger partial charge in [0.1, 0.15) is 18.0 Å². The SMILES string of the molecule is COc1ccc(OC)c(N(CC(=O)Nc2ccc3c(c2)sc(=O)n3C)S(C)(=O)=O)c1. The molecule has 3 aromatic rings. The lowest BCUT2D eigenvalue weighted by Gasteiger charge is -2.24. The number of anilines is 2. The zero-order valence-corrected chi connectivity index (χ0v) is 18.5. The van der Waals surface area contributed by atoms with Gasteiger partial charge in [-0.25, -0.2) is 8.42 Å². The number of aromatic nitrogens is 1. The van der Waals surface area contributed by atoms with E-state index in [9.17, 15) is 18.0 Å². The largest absolute Gasteiger partial charge is 0.497 e. The molecule has 3 rings (SSSR count). The van der Waals surface area contributed by atoms with Crippen LogP contribution in [0.4, 0.5) is 11.4 Å². The Kier molecular flexibility index (Phi) is 6.04. The number of thiazole rings is 1. The number of hydrogen-bond donors (Lipinski definition) is 1. The van der Waals surface area contributed by atoms with Crippen molar-refractivity contribution in [3.05, 3.63) is 46.1 Å². The van der Waals surface area contributed by atoms with Crippen molar-refractivity contribution in [2.75, 3.05) is 36.6 Å². The van der Waals surface area contributed by atoms with E-state index in [0.29, 0.717) is 11.4 Å². The predicted octanol–water partition coefficient (Wildman–Crippen LogP) is 2.02. The minimum atomic E-state index is -3.81. The van der Waals surface area contributed by atoms with Gasteiger partial charge in [0.25, 0.3) is 0 Å². The van der Waals surface area contributed by atoms with Crippen LogP contribution in [0.15, 0.2) is 41.2 Å². The Hall–Kier alpha value is -3.05. The first-order valence-corrected chi connectivity index (χ1v) is 11.4. The fraction of sp³-hybridized carbons (Fsp3) is 0.263. The number of rotatable bonds is 7. The highest BCUT2D eigenvalue weighted by molar-refractivity contribution is 7.92. The number of benzene rings is 2. The van der Waals surface area contributed by atoms with Gasteiger partial charge in [0.2, 0.25) is 15.9 Å². The molecular weight excluding hydrogens is 430 g/mol. The average molecular weight is 452 g/mol. The summed E-state index contributed by atoms with van der Waals surface area (Å²) in [6.45, 7) is -0.467. The van der Waals surface area contributed by atoms with Gasteiger partial charge in [-0.05, 0) is 30.3 Å². The van der Waals surface area contributed by atoms with E-state index >= 15 is 0 Å². The van der Waals surface area contributed by atoms with Crippen molar-refractivity contribution < 1.29 is 22.7 Å². The summed E-state index contributed by atoms with van der Waals surface area (Å²) in [6.07, 6.45) is 1.01. The van der Waals surface area contributed by atoms with Crippen LogP contribution in [0.1, 0.15) is 0 Å². The minimum Gasteiger partial charge on any atom is -0.497 e. The highest BCUT2D eigenvalue weighted by atomic mass is 32.2. The lowest BCUT2D eigenvalue weighted by atomic mass is 10.2. The van der Waals surface area contributed by atoms with E-state index in [2.05, 4.69) is 5.32 Å². The average Bonchev–Trinajstić information content (AvgIpc) is 2.98. The monoisotopic (exact) mass is 451 g/mol. The summed E-state index contributed by atoms with van der Waals surface area (Å²) < 4.78 is 38.4. The lowest BCUT2D eigenvalue weighted by molar-refractivity contribution is -0.114. The Morgan fingerprint density at radius 3 is 2.53 bits per heavy atom. The van der Waals surface area contributed by atoms with Gasteiger partial charge >= 0.3 is 4.87 Å². The number of carbonyl (C=O) groups is 1. The highest BCUT2D eigenvalue weighted by Crippen LogP contribution is 2.33. The quantitative estimate of drug-likeness (QED) is 0.589. The van der Waals surface area contributed by atoms with Crippen molar-refractivity contribution in [2.24, 2.45) is 7.05 Å². The molecule has 0 radical (unpaired) electrons. The first-order valence-electron chi connectivity index (χ1n) is 8.73. The smallest absolute Gasteiger partial charge is 0.307 e. The van der Waals surface area contributed by atoms with Crippen LogP contribution in [0, 0.1) is 0 Å². The summed E-state index contributed by atoms with van der Waals surface area (Å²) >= 11 is 1.06. The van der Waals surface area contributed by atoms with E-state index in [1.807, 2.05) is 0 Å². The van der Waals surface area contributed by atoms with Gasteiger partial charge < -0.3 is 19.4 Å². The van der Waals surface area contributed by atoms with Gasteiger partial charge in [0.15, 0.2) is 0 Å². The highest BCUT2D eigenvalue weighted by Gasteiger charge is 2.25. The molecule has 9 nitrogen and oxygen atoms in total. The van der Waals surface area contributed by atoms with Gasteiger partial charge in [0.05, 0.1) is 36.4 Å². The molecule has 2 aromatic carbocycles. The third-order valence-electron chi connectivity index (χ3n) is 4.42. The van der Waals surface area contributed by atoms with Crippen LogP contribution in [0.2, 0.25) is 0 Å². The van der Waals surface area contributed by atoms with Gasteiger partial charge in [-0.15, -0.1) is 0 Å². The second-order valence-corrected chi connectivity index (χ2v) is 9.37. The maximum atomic E-state index is 12.7. The van der Waals surface area contributed by atoms with Crippen molar-refractivity contribution in [2.45, 2.75) is 0 Å². The third-order valence-corrected chi connectivity index (χ3v) is 6.54. The molecule has 0 fully saturated rings. The lowest BCUT2D eigenvalue weighted by Crippen LogP contribution is -2.37. The normalized spacial score (nSPS) is 11.3. The zero-order valence-electron chi connectivity index (χ0n) is 16.8. The number of amides is 1. The van der Waals surface area contributed by atoms with E-state index in [1.54, 1.807) is 37.4 Å². The van der Waals surface area contributed by atoms with Crippen molar-refractivity contribution in [1.29, 1.82) is 0 Å². The Morgan fingerprint density at radius 1 is 1.17 bits per heavy atom. The maximum absolute atomic E-state index is 12.7. The van der Waals surface area contributed by atoms with Crippen LogP contribution in [0.5, 0.6) is 11.5 Å². The fourth-order valence-electron chi connectivity index (χ4n) is 2.92. The third kappa shape index (κ3) is 4.41. The molecule has 0 atom stereocenters. The molecule has 0 aliphatic rings. The molecule has 0 spiro atoms. The molecule has 0 aliphatic carbocycles. The molecule has 1 N–H and O–H groups in total. The molecule has 1 heterocycles. The molecule has 160 valence electrons. The molecule has 30 heavy (non-hydrogen) atoms. The standard InChI is InChI=1S/C19H21N3O6S2/c1-21-14-7-5-12(9-17(14)29-19(21)24)20-18(23)11-22(30(4,25)26)15-10-13(27-2)6-8-16(15)28-3/h5-10H,11H2,1-4H3,(H,20,23). The number of ether oxygens (including phenoxy) is 2. The van der Waals surface area contributed by atoms with Crippen LogP contribution in [-0.2, 0) is 21.9 Å². The number of hydrogen-bond acceptors (Lipinski definition) is 7. The second-order valence-electron chi connectivity index (χ2n) is 6.47. The number of carbonyl (C=O) groups excluding carboxylic acids is 1. The number of fused-ring (bicyclic) bond motifs is 1. The van der Waals surface area contributed by atoms with Crippen LogP contribution in [0.25, 0.3) is 10.2 Å². The Morgan fingerprint density at radius 2 is 1.90 bits per heavy atom. The summed E-state index contributed by atoms with van der Waals surface area (Å²) in [4.78, 5) is 24.3. The molecule has 0 saturated heterocycles. The van der Waals surface area contributed by atoms with E-state index < -0.39 is 22.5 Å². The summed E-state index contributed by atoms with van der Waals surface area (Å²) in [6, 6.07) is 9.74. The molecule has 0 unspecified atom stereocenters. The van der Waals surface area contributed by atoms with Gasteiger partial charge in [-0.1, -0.05) is 11.3 Å². The van der Waals surface area contributed by atoms with Crippen molar-refractivity contribution in [3.8, 4) is 11.5 Å². The van der Waals surface area contributed by atoms with Crippen molar-refractivity contribution >= 4 is 48.9 Å². The number of nitrogens with zero attached hydrogens (tertiary/aromatic N) is 2. The predicted molar refractivity (Wildman–Crippen MR) is 117 cm³/mol. The fourth-order valence-corrected chi connectivity index (χ4v) is 4.69. The van der Waals surface area contributed by atoms with Crippen molar-refractivity contribution in [3.63, 3.8) is 0 Å². The van der Waals surface area contributed by atoms with E-state index in [1.165, 1.54) is 24.9 Å². The maximum Gasteiger partial charge on any atom is 0.307 e. The summed E-state index contributed by atoms with van der Waals surface area (Å²) in [5, 5.41) is 2.68. The second kappa shape index (κ2) is 8.36. The Labute approximate surface area is 177 Å². The van der Waals surface area contributed by atoms with Crippen LogP contribution >= 0.6 is 11.3 Å². The molecular formula is C19H21N3O6S2. The van der Waals surface area contributed by atoms with Gasteiger partial charge in [-0.2, -0.15) is 0 Å². The summed E-state index contributed by atoms with van der Waals surface area (Å²) in [5.41, 5.74) is 1.40. The Bertz CT molecular complexity index is 1260. The molecule has 0 bridgehead atoms.